The van der Waals surface area contributed by atoms with Crippen LogP contribution in [0.3, 0.4) is 0 Å². The molecule has 3 aromatic rings. The molecule has 0 aliphatic carbocycles. The van der Waals surface area contributed by atoms with Crippen LogP contribution < -0.4 is 5.32 Å². The van der Waals surface area contributed by atoms with Gasteiger partial charge in [-0.15, -0.1) is 0 Å². The van der Waals surface area contributed by atoms with Crippen molar-refractivity contribution in [2.75, 3.05) is 5.32 Å². The number of benzene rings is 2. The van der Waals surface area contributed by atoms with Crippen LogP contribution in [0.5, 0.6) is 0 Å². The molecule has 3 rings (SSSR count). The summed E-state index contributed by atoms with van der Waals surface area (Å²) in [6, 6.07) is 11.4. The third-order valence-corrected chi connectivity index (χ3v) is 4.39. The zero-order valence-corrected chi connectivity index (χ0v) is 14.1. The molecule has 2 aromatic carbocycles. The molecule has 1 amide bonds. The summed E-state index contributed by atoms with van der Waals surface area (Å²) < 4.78 is 38.4. The Bertz CT molecular complexity index is 897. The topological polar surface area (TPSA) is 70.7 Å². The Balaban J connectivity index is 1.76. The fraction of sp³-hybridized carbons (Fsp3) is 0.118. The van der Waals surface area contributed by atoms with Gasteiger partial charge in [0.1, 0.15) is 6.33 Å². The van der Waals surface area contributed by atoms with E-state index in [9.17, 15) is 18.0 Å². The smallest absolute Gasteiger partial charge is 0.322 e. The Morgan fingerprint density at radius 2 is 1.96 bits per heavy atom. The van der Waals surface area contributed by atoms with Gasteiger partial charge in [-0.05, 0) is 29.8 Å². The zero-order chi connectivity index (χ0) is 18.6. The molecule has 0 bridgehead atoms. The van der Waals surface area contributed by atoms with Crippen molar-refractivity contribution in [3.63, 3.8) is 0 Å². The Kier molecular flexibility index (Phi) is 5.27. The molecule has 1 aromatic heterocycles. The molecule has 0 spiro atoms. The van der Waals surface area contributed by atoms with Crippen LogP contribution in [-0.4, -0.2) is 21.1 Å². The van der Waals surface area contributed by atoms with E-state index in [0.717, 1.165) is 17.7 Å². The fourth-order valence-electron chi connectivity index (χ4n) is 2.25. The van der Waals surface area contributed by atoms with Crippen molar-refractivity contribution in [2.24, 2.45) is 0 Å². The van der Waals surface area contributed by atoms with Crippen LogP contribution in [-0.2, 0) is 11.9 Å². The molecule has 5 nitrogen and oxygen atoms in total. The summed E-state index contributed by atoms with van der Waals surface area (Å²) in [6.07, 6.45) is -3.08. The molecule has 0 unspecified atom stereocenters. The quantitative estimate of drug-likeness (QED) is 0.647. The number of thioether (sulfide) groups is 1. The molecule has 0 saturated carbocycles. The van der Waals surface area contributed by atoms with Crippen molar-refractivity contribution in [3.05, 3.63) is 71.5 Å². The summed E-state index contributed by atoms with van der Waals surface area (Å²) in [4.78, 5) is 16.5. The average molecular weight is 378 g/mol. The van der Waals surface area contributed by atoms with Gasteiger partial charge < -0.3 is 5.32 Å². The number of anilines is 1. The standard InChI is InChI=1S/C17H13F3N4OS/c18-17(19,20)12-5-3-6-13(8-12)23-15(25)14-7-2-1-4-11(14)9-26-16-21-10-22-24-16/h1-8,10H,9H2,(H,23,25)(H,21,22,24). The van der Waals surface area contributed by atoms with Crippen LogP contribution in [0, 0.1) is 0 Å². The van der Waals surface area contributed by atoms with Crippen molar-refractivity contribution in [2.45, 2.75) is 17.1 Å². The van der Waals surface area contributed by atoms with Crippen LogP contribution in [0.25, 0.3) is 0 Å². The number of carbonyl (C=O) groups is 1. The van der Waals surface area contributed by atoms with Crippen molar-refractivity contribution < 1.29 is 18.0 Å². The molecule has 1 heterocycles. The highest BCUT2D eigenvalue weighted by Gasteiger charge is 2.30. The highest BCUT2D eigenvalue weighted by molar-refractivity contribution is 7.98. The number of hydrogen-bond donors (Lipinski definition) is 2. The number of carbonyl (C=O) groups excluding carboxylic acids is 1. The first-order valence-corrected chi connectivity index (χ1v) is 8.47. The normalized spacial score (nSPS) is 11.3. The molecule has 0 radical (unpaired) electrons. The lowest BCUT2D eigenvalue weighted by molar-refractivity contribution is -0.137. The Morgan fingerprint density at radius 3 is 2.69 bits per heavy atom. The van der Waals surface area contributed by atoms with Crippen molar-refractivity contribution in [1.82, 2.24) is 15.2 Å². The predicted molar refractivity (Wildman–Crippen MR) is 91.8 cm³/mol. The summed E-state index contributed by atoms with van der Waals surface area (Å²) in [5.41, 5.74) is 0.391. The minimum Gasteiger partial charge on any atom is -0.322 e. The molecular formula is C17H13F3N4OS. The predicted octanol–water partition coefficient (Wildman–Crippen LogP) is 4.37. The minimum absolute atomic E-state index is 0.0857. The number of rotatable bonds is 5. The minimum atomic E-state index is -4.47. The Hall–Kier alpha value is -2.81. The van der Waals surface area contributed by atoms with Gasteiger partial charge in [0.15, 0.2) is 5.16 Å². The maximum absolute atomic E-state index is 12.8. The van der Waals surface area contributed by atoms with Gasteiger partial charge in [0, 0.05) is 17.0 Å². The number of aromatic amines is 1. The second-order valence-corrected chi connectivity index (χ2v) is 6.23. The number of aromatic nitrogens is 3. The number of hydrogen-bond acceptors (Lipinski definition) is 4. The molecule has 0 aliphatic rings. The van der Waals surface area contributed by atoms with Crippen molar-refractivity contribution >= 4 is 23.4 Å². The Morgan fingerprint density at radius 1 is 1.15 bits per heavy atom. The lowest BCUT2D eigenvalue weighted by atomic mass is 10.1. The number of halogens is 3. The number of alkyl halides is 3. The van der Waals surface area contributed by atoms with E-state index >= 15 is 0 Å². The summed E-state index contributed by atoms with van der Waals surface area (Å²) in [7, 11) is 0. The molecule has 26 heavy (non-hydrogen) atoms. The van der Waals surface area contributed by atoms with E-state index in [1.165, 1.54) is 30.2 Å². The van der Waals surface area contributed by atoms with Gasteiger partial charge in [0.2, 0.25) is 0 Å². The highest BCUT2D eigenvalue weighted by Crippen LogP contribution is 2.31. The molecule has 0 aliphatic heterocycles. The lowest BCUT2D eigenvalue weighted by Gasteiger charge is -2.12. The van der Waals surface area contributed by atoms with Gasteiger partial charge in [0.25, 0.3) is 5.91 Å². The molecular weight excluding hydrogens is 365 g/mol. The third kappa shape index (κ3) is 4.42. The van der Waals surface area contributed by atoms with Crippen LogP contribution in [0.4, 0.5) is 18.9 Å². The summed E-state index contributed by atoms with van der Waals surface area (Å²) in [6.45, 7) is 0. The number of amides is 1. The monoisotopic (exact) mass is 378 g/mol. The van der Waals surface area contributed by atoms with Gasteiger partial charge in [-0.3, -0.25) is 9.89 Å². The van der Waals surface area contributed by atoms with E-state index in [0.29, 0.717) is 16.5 Å². The SMILES string of the molecule is O=C(Nc1cccc(C(F)(F)F)c1)c1ccccc1CSc1ncn[nH]1. The third-order valence-electron chi connectivity index (χ3n) is 3.47. The van der Waals surface area contributed by atoms with E-state index in [4.69, 9.17) is 0 Å². The first-order chi connectivity index (χ1) is 12.4. The van der Waals surface area contributed by atoms with Crippen LogP contribution in [0.2, 0.25) is 0 Å². The van der Waals surface area contributed by atoms with Gasteiger partial charge in [-0.2, -0.15) is 18.3 Å². The van der Waals surface area contributed by atoms with E-state index in [-0.39, 0.29) is 5.69 Å². The molecule has 9 heteroatoms. The highest BCUT2D eigenvalue weighted by atomic mass is 32.2. The molecule has 0 fully saturated rings. The van der Waals surface area contributed by atoms with Crippen molar-refractivity contribution in [3.8, 4) is 0 Å². The summed E-state index contributed by atoms with van der Waals surface area (Å²) >= 11 is 1.37. The lowest BCUT2D eigenvalue weighted by Crippen LogP contribution is -2.15. The van der Waals surface area contributed by atoms with Crippen LogP contribution in [0.1, 0.15) is 21.5 Å². The average Bonchev–Trinajstić information content (AvgIpc) is 3.13. The Labute approximate surface area is 151 Å². The van der Waals surface area contributed by atoms with E-state index in [2.05, 4.69) is 20.5 Å². The summed E-state index contributed by atoms with van der Waals surface area (Å²) in [5.74, 6) is -0.0143. The second kappa shape index (κ2) is 7.61. The molecule has 2 N–H and O–H groups in total. The molecule has 134 valence electrons. The summed E-state index contributed by atoms with van der Waals surface area (Å²) in [5, 5.41) is 9.59. The van der Waals surface area contributed by atoms with Gasteiger partial charge in [0.05, 0.1) is 5.56 Å². The zero-order valence-electron chi connectivity index (χ0n) is 13.2. The fourth-order valence-corrected chi connectivity index (χ4v) is 3.03. The maximum atomic E-state index is 12.8. The molecule has 0 saturated heterocycles. The second-order valence-electron chi connectivity index (χ2n) is 5.27. The first-order valence-electron chi connectivity index (χ1n) is 7.48. The number of H-pyrrole nitrogens is 1. The van der Waals surface area contributed by atoms with Gasteiger partial charge >= 0.3 is 6.18 Å². The number of nitrogens with zero attached hydrogens (tertiary/aromatic N) is 2. The maximum Gasteiger partial charge on any atom is 0.416 e. The van der Waals surface area contributed by atoms with Gasteiger partial charge in [-0.25, -0.2) is 4.98 Å². The van der Waals surface area contributed by atoms with Crippen LogP contribution in [0.15, 0.2) is 60.0 Å². The molecule has 0 atom stereocenters. The van der Waals surface area contributed by atoms with E-state index < -0.39 is 17.6 Å². The van der Waals surface area contributed by atoms with Gasteiger partial charge in [-0.1, -0.05) is 36.0 Å². The number of nitrogens with one attached hydrogen (secondary N) is 2. The van der Waals surface area contributed by atoms with Crippen LogP contribution >= 0.6 is 11.8 Å². The van der Waals surface area contributed by atoms with E-state index in [1.54, 1.807) is 24.3 Å². The largest absolute Gasteiger partial charge is 0.416 e. The van der Waals surface area contributed by atoms with Crippen molar-refractivity contribution in [1.29, 1.82) is 0 Å². The first kappa shape index (κ1) is 18.0. The van der Waals surface area contributed by atoms with E-state index in [1.807, 2.05) is 0 Å².